The first-order chi connectivity index (χ1) is 8.09. The summed E-state index contributed by atoms with van der Waals surface area (Å²) in [5, 5.41) is 9.83. The summed E-state index contributed by atoms with van der Waals surface area (Å²) in [7, 11) is 0. The first kappa shape index (κ1) is 11.9. The van der Waals surface area contributed by atoms with E-state index < -0.39 is 5.41 Å². The van der Waals surface area contributed by atoms with Crippen LogP contribution in [-0.2, 0) is 10.2 Å². The standard InChI is InChI=1S/C15H18O2/c1-3-4-9-15(2)12-8-6-5-7-11(12)13(16)10-14(15)17/h5-8,10,16H,3-4,9H2,1-2H3. The van der Waals surface area contributed by atoms with Crippen LogP contribution in [0.3, 0.4) is 0 Å². The number of unbranched alkanes of at least 4 members (excludes halogenated alkanes) is 1. The van der Waals surface area contributed by atoms with Crippen molar-refractivity contribution in [1.82, 2.24) is 0 Å². The van der Waals surface area contributed by atoms with Gasteiger partial charge in [0.05, 0.1) is 5.41 Å². The molecule has 0 heterocycles. The van der Waals surface area contributed by atoms with Gasteiger partial charge in [-0.05, 0) is 18.9 Å². The Labute approximate surface area is 102 Å². The van der Waals surface area contributed by atoms with Crippen LogP contribution >= 0.6 is 0 Å². The predicted molar refractivity (Wildman–Crippen MR) is 68.9 cm³/mol. The van der Waals surface area contributed by atoms with Gasteiger partial charge < -0.3 is 5.11 Å². The van der Waals surface area contributed by atoms with Crippen LogP contribution in [0.5, 0.6) is 0 Å². The number of benzene rings is 1. The molecule has 0 spiro atoms. The molecular weight excluding hydrogens is 212 g/mol. The van der Waals surface area contributed by atoms with Crippen molar-refractivity contribution in [3.8, 4) is 0 Å². The molecule has 1 aromatic rings. The van der Waals surface area contributed by atoms with Gasteiger partial charge in [0.1, 0.15) is 5.76 Å². The number of rotatable bonds is 3. The summed E-state index contributed by atoms with van der Waals surface area (Å²) >= 11 is 0. The topological polar surface area (TPSA) is 37.3 Å². The van der Waals surface area contributed by atoms with Crippen LogP contribution in [-0.4, -0.2) is 10.9 Å². The predicted octanol–water partition coefficient (Wildman–Crippen LogP) is 3.62. The summed E-state index contributed by atoms with van der Waals surface area (Å²) < 4.78 is 0. The Kier molecular flexibility index (Phi) is 3.05. The average molecular weight is 230 g/mol. The highest BCUT2D eigenvalue weighted by Crippen LogP contribution is 2.39. The largest absolute Gasteiger partial charge is 0.507 e. The molecule has 2 rings (SSSR count). The van der Waals surface area contributed by atoms with Gasteiger partial charge >= 0.3 is 0 Å². The van der Waals surface area contributed by atoms with Gasteiger partial charge in [0.2, 0.25) is 0 Å². The van der Waals surface area contributed by atoms with Crippen molar-refractivity contribution < 1.29 is 9.90 Å². The minimum atomic E-state index is -0.473. The van der Waals surface area contributed by atoms with E-state index in [9.17, 15) is 9.90 Å². The van der Waals surface area contributed by atoms with Crippen LogP contribution in [0.25, 0.3) is 5.76 Å². The SMILES string of the molecule is CCCCC1(C)C(=O)C=C(O)c2ccccc21. The summed E-state index contributed by atoms with van der Waals surface area (Å²) in [5.41, 5.74) is 1.28. The fourth-order valence-electron chi connectivity index (χ4n) is 2.47. The Hall–Kier alpha value is -1.57. The number of fused-ring (bicyclic) bond motifs is 1. The smallest absolute Gasteiger partial charge is 0.169 e. The summed E-state index contributed by atoms with van der Waals surface area (Å²) in [6, 6.07) is 7.64. The van der Waals surface area contributed by atoms with Gasteiger partial charge in [-0.3, -0.25) is 4.79 Å². The van der Waals surface area contributed by atoms with Crippen molar-refractivity contribution in [3.63, 3.8) is 0 Å². The third-order valence-electron chi connectivity index (χ3n) is 3.64. The molecule has 1 aromatic carbocycles. The van der Waals surface area contributed by atoms with E-state index in [0.29, 0.717) is 0 Å². The summed E-state index contributed by atoms with van der Waals surface area (Å²) in [6.45, 7) is 4.10. The Morgan fingerprint density at radius 1 is 1.29 bits per heavy atom. The molecule has 0 bridgehead atoms. The van der Waals surface area contributed by atoms with Crippen LogP contribution in [0.4, 0.5) is 0 Å². The average Bonchev–Trinajstić information content (AvgIpc) is 2.34. The van der Waals surface area contributed by atoms with E-state index in [2.05, 4.69) is 6.92 Å². The Balaban J connectivity index is 2.51. The van der Waals surface area contributed by atoms with E-state index in [-0.39, 0.29) is 11.5 Å². The zero-order chi connectivity index (χ0) is 12.5. The quantitative estimate of drug-likeness (QED) is 0.861. The molecule has 1 atom stereocenters. The van der Waals surface area contributed by atoms with Crippen molar-refractivity contribution in [2.75, 3.05) is 0 Å². The van der Waals surface area contributed by atoms with Crippen LogP contribution in [0.15, 0.2) is 30.3 Å². The second-order valence-corrected chi connectivity index (χ2v) is 4.88. The lowest BCUT2D eigenvalue weighted by atomic mass is 9.70. The second-order valence-electron chi connectivity index (χ2n) is 4.88. The maximum absolute atomic E-state index is 12.2. The van der Waals surface area contributed by atoms with Crippen molar-refractivity contribution >= 4 is 11.5 Å². The fourth-order valence-corrected chi connectivity index (χ4v) is 2.47. The molecule has 0 radical (unpaired) electrons. The van der Waals surface area contributed by atoms with E-state index >= 15 is 0 Å². The van der Waals surface area contributed by atoms with Crippen LogP contribution in [0.2, 0.25) is 0 Å². The molecule has 0 saturated carbocycles. The summed E-state index contributed by atoms with van der Waals surface area (Å²) in [6.07, 6.45) is 4.30. The highest BCUT2D eigenvalue weighted by Gasteiger charge is 2.38. The molecule has 1 aliphatic rings. The van der Waals surface area contributed by atoms with Crippen molar-refractivity contribution in [1.29, 1.82) is 0 Å². The van der Waals surface area contributed by atoms with E-state index in [1.165, 1.54) is 6.08 Å². The maximum Gasteiger partial charge on any atom is 0.169 e. The molecule has 1 unspecified atom stereocenters. The normalized spacial score (nSPS) is 23.2. The first-order valence-corrected chi connectivity index (χ1v) is 6.14. The number of hydrogen-bond acceptors (Lipinski definition) is 2. The van der Waals surface area contributed by atoms with Crippen LogP contribution in [0, 0.1) is 0 Å². The maximum atomic E-state index is 12.2. The monoisotopic (exact) mass is 230 g/mol. The minimum Gasteiger partial charge on any atom is -0.507 e. The molecule has 2 heteroatoms. The molecule has 0 saturated heterocycles. The third-order valence-corrected chi connectivity index (χ3v) is 3.64. The molecule has 2 nitrogen and oxygen atoms in total. The fraction of sp³-hybridized carbons (Fsp3) is 0.400. The number of allylic oxidation sites excluding steroid dienone is 1. The lowest BCUT2D eigenvalue weighted by Gasteiger charge is -2.32. The molecule has 17 heavy (non-hydrogen) atoms. The van der Waals surface area contributed by atoms with E-state index in [0.717, 1.165) is 30.4 Å². The lowest BCUT2D eigenvalue weighted by Crippen LogP contribution is -2.35. The molecule has 0 amide bonds. The highest BCUT2D eigenvalue weighted by atomic mass is 16.3. The Morgan fingerprint density at radius 3 is 2.71 bits per heavy atom. The number of carbonyl (C=O) groups excluding carboxylic acids is 1. The van der Waals surface area contributed by atoms with Gasteiger partial charge in [0.15, 0.2) is 5.78 Å². The summed E-state index contributed by atoms with van der Waals surface area (Å²) in [4.78, 5) is 12.2. The van der Waals surface area contributed by atoms with Gasteiger partial charge in [-0.2, -0.15) is 0 Å². The van der Waals surface area contributed by atoms with Gasteiger partial charge in [0, 0.05) is 11.6 Å². The van der Waals surface area contributed by atoms with E-state index in [1.807, 2.05) is 31.2 Å². The highest BCUT2D eigenvalue weighted by molar-refractivity contribution is 6.06. The van der Waals surface area contributed by atoms with Gasteiger partial charge in [-0.25, -0.2) is 0 Å². The Bertz CT molecular complexity index is 474. The molecule has 0 aromatic heterocycles. The second kappa shape index (κ2) is 4.36. The van der Waals surface area contributed by atoms with Gasteiger partial charge in [-0.15, -0.1) is 0 Å². The molecule has 1 N–H and O–H groups in total. The van der Waals surface area contributed by atoms with Crippen molar-refractivity contribution in [3.05, 3.63) is 41.5 Å². The number of carbonyl (C=O) groups is 1. The van der Waals surface area contributed by atoms with Gasteiger partial charge in [-0.1, -0.05) is 44.0 Å². The molecule has 0 aliphatic heterocycles. The lowest BCUT2D eigenvalue weighted by molar-refractivity contribution is -0.119. The minimum absolute atomic E-state index is 0.0159. The van der Waals surface area contributed by atoms with E-state index in [4.69, 9.17) is 0 Å². The van der Waals surface area contributed by atoms with Crippen LogP contribution < -0.4 is 0 Å². The number of aliphatic hydroxyl groups excluding tert-OH is 1. The van der Waals surface area contributed by atoms with E-state index in [1.54, 1.807) is 0 Å². The zero-order valence-electron chi connectivity index (χ0n) is 10.4. The first-order valence-electron chi connectivity index (χ1n) is 6.14. The molecule has 1 aliphatic carbocycles. The Morgan fingerprint density at radius 2 is 2.00 bits per heavy atom. The molecule has 0 fully saturated rings. The molecule has 90 valence electrons. The van der Waals surface area contributed by atoms with Crippen molar-refractivity contribution in [2.45, 2.75) is 38.5 Å². The number of aliphatic hydroxyl groups is 1. The number of hydrogen-bond donors (Lipinski definition) is 1. The third kappa shape index (κ3) is 1.88. The van der Waals surface area contributed by atoms with Crippen LogP contribution in [0.1, 0.15) is 44.2 Å². The van der Waals surface area contributed by atoms with Crippen molar-refractivity contribution in [2.24, 2.45) is 0 Å². The van der Waals surface area contributed by atoms with Gasteiger partial charge in [0.25, 0.3) is 0 Å². The summed E-state index contributed by atoms with van der Waals surface area (Å²) in [5.74, 6) is 0.113. The number of ketones is 1. The zero-order valence-corrected chi connectivity index (χ0v) is 10.4. The molecular formula is C15H18O2.